The molecule has 30 heavy (non-hydrogen) atoms. The first-order chi connectivity index (χ1) is 14.7. The molecule has 2 heterocycles. The van der Waals surface area contributed by atoms with E-state index in [9.17, 15) is 4.79 Å². The summed E-state index contributed by atoms with van der Waals surface area (Å²) in [5.41, 5.74) is 4.58. The van der Waals surface area contributed by atoms with Crippen LogP contribution in [0, 0.1) is 5.92 Å². The minimum absolute atomic E-state index is 0.0812. The third-order valence-corrected chi connectivity index (χ3v) is 5.52. The molecule has 4 rings (SSSR count). The second kappa shape index (κ2) is 9.55. The zero-order valence-electron chi connectivity index (χ0n) is 17.3. The van der Waals surface area contributed by atoms with Crippen molar-refractivity contribution < 1.29 is 9.53 Å². The maximum Gasteiger partial charge on any atom is 0.224 e. The van der Waals surface area contributed by atoms with Crippen molar-refractivity contribution in [3.63, 3.8) is 0 Å². The van der Waals surface area contributed by atoms with E-state index < -0.39 is 0 Å². The third-order valence-electron chi connectivity index (χ3n) is 5.52. The molecule has 2 aromatic carbocycles. The maximum absolute atomic E-state index is 12.7. The summed E-state index contributed by atoms with van der Waals surface area (Å²) >= 11 is 0. The second-order valence-corrected chi connectivity index (χ2v) is 7.72. The van der Waals surface area contributed by atoms with Crippen LogP contribution in [0.15, 0.2) is 73.1 Å². The average molecular weight is 402 g/mol. The summed E-state index contributed by atoms with van der Waals surface area (Å²) in [6, 6.07) is 20.5. The fourth-order valence-corrected chi connectivity index (χ4v) is 3.99. The van der Waals surface area contributed by atoms with Crippen molar-refractivity contribution in [3.05, 3.63) is 84.2 Å². The second-order valence-electron chi connectivity index (χ2n) is 7.72. The van der Waals surface area contributed by atoms with Crippen molar-refractivity contribution in [2.24, 2.45) is 5.92 Å². The Kier molecular flexibility index (Phi) is 6.40. The summed E-state index contributed by atoms with van der Waals surface area (Å²) in [4.78, 5) is 19.3. The number of pyridine rings is 1. The van der Waals surface area contributed by atoms with Gasteiger partial charge in [-0.05, 0) is 46.9 Å². The van der Waals surface area contributed by atoms with Gasteiger partial charge in [0.1, 0.15) is 5.75 Å². The Morgan fingerprint density at radius 1 is 1.07 bits per heavy atom. The molecular formula is C25H27N3O2. The minimum Gasteiger partial charge on any atom is -0.497 e. The van der Waals surface area contributed by atoms with Crippen LogP contribution >= 0.6 is 0 Å². The Morgan fingerprint density at radius 3 is 2.73 bits per heavy atom. The van der Waals surface area contributed by atoms with E-state index in [1.54, 1.807) is 13.3 Å². The Hall–Kier alpha value is -3.18. The van der Waals surface area contributed by atoms with E-state index in [1.807, 2.05) is 24.4 Å². The number of nitrogens with zero attached hydrogens (tertiary/aromatic N) is 2. The molecule has 154 valence electrons. The summed E-state index contributed by atoms with van der Waals surface area (Å²) in [7, 11) is 1.68. The molecule has 1 fully saturated rings. The van der Waals surface area contributed by atoms with Gasteiger partial charge in [-0.1, -0.05) is 42.5 Å². The van der Waals surface area contributed by atoms with Crippen LogP contribution in [-0.2, 0) is 17.8 Å². The van der Waals surface area contributed by atoms with E-state index in [2.05, 4.69) is 57.7 Å². The van der Waals surface area contributed by atoms with Gasteiger partial charge in [0.25, 0.3) is 0 Å². The van der Waals surface area contributed by atoms with E-state index in [1.165, 1.54) is 11.1 Å². The molecule has 1 aromatic heterocycles. The molecule has 1 aliphatic heterocycles. The summed E-state index contributed by atoms with van der Waals surface area (Å²) in [6.07, 6.45) is 4.36. The third kappa shape index (κ3) is 5.05. The van der Waals surface area contributed by atoms with Gasteiger partial charge in [-0.2, -0.15) is 0 Å². The molecule has 1 atom stereocenters. The number of benzene rings is 2. The van der Waals surface area contributed by atoms with Gasteiger partial charge < -0.3 is 10.1 Å². The van der Waals surface area contributed by atoms with E-state index >= 15 is 0 Å². The molecule has 5 nitrogen and oxygen atoms in total. The lowest BCUT2D eigenvalue weighted by atomic mass is 9.95. The van der Waals surface area contributed by atoms with Gasteiger partial charge in [0, 0.05) is 38.6 Å². The summed E-state index contributed by atoms with van der Waals surface area (Å²) < 4.78 is 5.34. The van der Waals surface area contributed by atoms with Crippen LogP contribution in [-0.4, -0.2) is 42.5 Å². The number of hydrogen-bond donors (Lipinski definition) is 1. The molecule has 0 aliphatic carbocycles. The number of ether oxygens (including phenoxy) is 1. The topological polar surface area (TPSA) is 54.5 Å². The molecule has 3 aromatic rings. The van der Waals surface area contributed by atoms with Crippen molar-refractivity contribution in [1.82, 2.24) is 15.2 Å². The van der Waals surface area contributed by atoms with Crippen LogP contribution in [0.2, 0.25) is 0 Å². The van der Waals surface area contributed by atoms with E-state index in [4.69, 9.17) is 4.74 Å². The molecule has 5 heteroatoms. The van der Waals surface area contributed by atoms with Crippen LogP contribution in [0.4, 0.5) is 0 Å². The molecule has 0 spiro atoms. The fourth-order valence-electron chi connectivity index (χ4n) is 3.99. The molecule has 1 unspecified atom stereocenters. The van der Waals surface area contributed by atoms with Crippen molar-refractivity contribution in [1.29, 1.82) is 0 Å². The SMILES string of the molecule is COc1cccc(CN2CCNC(=O)C(Cc3cccc(-c4cccnc4)c3)C2)c1. The Labute approximate surface area is 177 Å². The van der Waals surface area contributed by atoms with Crippen molar-refractivity contribution in [2.75, 3.05) is 26.7 Å². The van der Waals surface area contributed by atoms with Gasteiger partial charge in [0.05, 0.1) is 13.0 Å². The Balaban J connectivity index is 1.48. The van der Waals surface area contributed by atoms with Crippen molar-refractivity contribution >= 4 is 5.91 Å². The lowest BCUT2D eigenvalue weighted by Crippen LogP contribution is -2.33. The van der Waals surface area contributed by atoms with E-state index in [0.29, 0.717) is 13.0 Å². The van der Waals surface area contributed by atoms with Crippen LogP contribution < -0.4 is 10.1 Å². The predicted molar refractivity (Wildman–Crippen MR) is 118 cm³/mol. The first-order valence-electron chi connectivity index (χ1n) is 10.3. The number of rotatable bonds is 6. The van der Waals surface area contributed by atoms with E-state index in [0.717, 1.165) is 36.5 Å². The highest BCUT2D eigenvalue weighted by atomic mass is 16.5. The standard InChI is InChI=1S/C25H27N3O2/c1-30-24-9-3-6-20(15-24)17-28-12-11-27-25(29)23(18-28)14-19-5-2-7-21(13-19)22-8-4-10-26-16-22/h2-10,13,15-16,23H,11-12,14,17-18H2,1H3,(H,27,29). The summed E-state index contributed by atoms with van der Waals surface area (Å²) in [5.74, 6) is 0.914. The molecule has 0 radical (unpaired) electrons. The fraction of sp³-hybridized carbons (Fsp3) is 0.280. The number of methoxy groups -OCH3 is 1. The number of amides is 1. The van der Waals surface area contributed by atoms with Crippen LogP contribution in [0.5, 0.6) is 5.75 Å². The van der Waals surface area contributed by atoms with Crippen molar-refractivity contribution in [3.8, 4) is 16.9 Å². The number of nitrogens with one attached hydrogen (secondary N) is 1. The lowest BCUT2D eigenvalue weighted by Gasteiger charge is -2.23. The first-order valence-corrected chi connectivity index (χ1v) is 10.3. The molecular weight excluding hydrogens is 374 g/mol. The van der Waals surface area contributed by atoms with Crippen LogP contribution in [0.3, 0.4) is 0 Å². The van der Waals surface area contributed by atoms with Gasteiger partial charge >= 0.3 is 0 Å². The highest BCUT2D eigenvalue weighted by Gasteiger charge is 2.25. The Bertz CT molecular complexity index is 990. The quantitative estimate of drug-likeness (QED) is 0.686. The first kappa shape index (κ1) is 20.1. The van der Waals surface area contributed by atoms with Gasteiger partial charge in [0.15, 0.2) is 0 Å². The van der Waals surface area contributed by atoms with E-state index in [-0.39, 0.29) is 11.8 Å². The average Bonchev–Trinajstić information content (AvgIpc) is 2.95. The molecule has 1 amide bonds. The largest absolute Gasteiger partial charge is 0.497 e. The molecule has 0 bridgehead atoms. The summed E-state index contributed by atoms with van der Waals surface area (Å²) in [6.45, 7) is 3.06. The van der Waals surface area contributed by atoms with Gasteiger partial charge in [-0.3, -0.25) is 14.7 Å². The minimum atomic E-state index is -0.0812. The van der Waals surface area contributed by atoms with Crippen LogP contribution in [0.1, 0.15) is 11.1 Å². The highest BCUT2D eigenvalue weighted by Crippen LogP contribution is 2.22. The normalized spacial score (nSPS) is 17.2. The van der Waals surface area contributed by atoms with Gasteiger partial charge in [-0.15, -0.1) is 0 Å². The maximum atomic E-state index is 12.7. The molecule has 1 N–H and O–H groups in total. The van der Waals surface area contributed by atoms with Crippen LogP contribution in [0.25, 0.3) is 11.1 Å². The monoisotopic (exact) mass is 401 g/mol. The summed E-state index contributed by atoms with van der Waals surface area (Å²) in [5, 5.41) is 3.08. The zero-order chi connectivity index (χ0) is 20.8. The Morgan fingerprint density at radius 2 is 1.90 bits per heavy atom. The number of carbonyl (C=O) groups is 1. The molecule has 1 aliphatic rings. The number of aromatic nitrogens is 1. The molecule has 1 saturated heterocycles. The van der Waals surface area contributed by atoms with Gasteiger partial charge in [-0.25, -0.2) is 0 Å². The molecule has 0 saturated carbocycles. The van der Waals surface area contributed by atoms with Crippen molar-refractivity contribution in [2.45, 2.75) is 13.0 Å². The van der Waals surface area contributed by atoms with Gasteiger partial charge in [0.2, 0.25) is 5.91 Å². The lowest BCUT2D eigenvalue weighted by molar-refractivity contribution is -0.124. The highest BCUT2D eigenvalue weighted by molar-refractivity contribution is 5.79. The smallest absolute Gasteiger partial charge is 0.224 e. The zero-order valence-corrected chi connectivity index (χ0v) is 17.3. The number of carbonyl (C=O) groups excluding carboxylic acids is 1. The number of hydrogen-bond acceptors (Lipinski definition) is 4. The predicted octanol–water partition coefficient (Wildman–Crippen LogP) is 3.55.